The topological polar surface area (TPSA) is 139 Å². The van der Waals surface area contributed by atoms with Crippen molar-refractivity contribution in [3.05, 3.63) is 45.8 Å². The number of ether oxygens (including phenoxy) is 1. The summed E-state index contributed by atoms with van der Waals surface area (Å²) in [6.07, 6.45) is 0.756. The summed E-state index contributed by atoms with van der Waals surface area (Å²) < 4.78 is 5.18. The third-order valence-electron chi connectivity index (χ3n) is 3.61. The first kappa shape index (κ1) is 13.9. The van der Waals surface area contributed by atoms with E-state index < -0.39 is 23.2 Å². The number of hydrogen-bond donors (Lipinski definition) is 1. The molecule has 0 spiro atoms. The normalized spacial score (nSPS) is 20.2. The summed E-state index contributed by atoms with van der Waals surface area (Å²) in [4.78, 5) is 23.0. The number of nitrogens with zero attached hydrogens (tertiary/aromatic N) is 5. The quantitative estimate of drug-likeness (QED) is 0.656. The van der Waals surface area contributed by atoms with E-state index in [0.717, 1.165) is 5.56 Å². The predicted molar refractivity (Wildman–Crippen MR) is 71.7 cm³/mol. The van der Waals surface area contributed by atoms with Crippen molar-refractivity contribution in [1.29, 1.82) is 0 Å². The Labute approximate surface area is 124 Å². The lowest BCUT2D eigenvalue weighted by Gasteiger charge is -2.31. The summed E-state index contributed by atoms with van der Waals surface area (Å²) in [6.45, 7) is 0. The zero-order chi connectivity index (χ0) is 15.7. The van der Waals surface area contributed by atoms with E-state index in [-0.39, 0.29) is 5.69 Å². The molecule has 1 heterocycles. The summed E-state index contributed by atoms with van der Waals surface area (Å²) in [7, 11) is 0. The number of carbonyl (C=O) groups is 1. The Hall–Kier alpha value is -3.04. The van der Waals surface area contributed by atoms with Crippen LogP contribution in [0.3, 0.4) is 0 Å². The molecular formula is C12H12N6O4. The first-order valence-corrected chi connectivity index (χ1v) is 6.52. The van der Waals surface area contributed by atoms with E-state index in [4.69, 9.17) is 10.5 Å². The first-order valence-electron chi connectivity index (χ1n) is 6.52. The summed E-state index contributed by atoms with van der Waals surface area (Å²) in [5.41, 5.74) is 6.47. The Balaban J connectivity index is 2.06. The van der Waals surface area contributed by atoms with Gasteiger partial charge in [-0.25, -0.2) is 4.79 Å². The fourth-order valence-corrected chi connectivity index (χ4v) is 2.68. The number of hydrogen-bond acceptors (Lipinski definition) is 7. The third kappa shape index (κ3) is 2.45. The molecule has 0 saturated carbocycles. The number of aryl methyl sites for hydroxylation is 1. The lowest BCUT2D eigenvalue weighted by atomic mass is 9.85. The van der Waals surface area contributed by atoms with Crippen molar-refractivity contribution in [2.45, 2.75) is 25.0 Å². The van der Waals surface area contributed by atoms with Crippen LogP contribution >= 0.6 is 0 Å². The van der Waals surface area contributed by atoms with Gasteiger partial charge < -0.3 is 10.5 Å². The van der Waals surface area contributed by atoms with Gasteiger partial charge in [-0.3, -0.25) is 10.1 Å². The minimum atomic E-state index is -0.963. The van der Waals surface area contributed by atoms with Crippen LogP contribution in [0.4, 0.5) is 10.5 Å². The third-order valence-corrected chi connectivity index (χ3v) is 3.61. The van der Waals surface area contributed by atoms with Gasteiger partial charge in [0.1, 0.15) is 6.04 Å². The Kier molecular flexibility index (Phi) is 3.41. The van der Waals surface area contributed by atoms with E-state index in [9.17, 15) is 14.9 Å². The maximum atomic E-state index is 11.2. The number of rotatable bonds is 3. The number of aromatic nitrogens is 4. The Bertz CT molecular complexity index is 716. The fourth-order valence-electron chi connectivity index (χ4n) is 2.68. The van der Waals surface area contributed by atoms with Crippen molar-refractivity contribution in [2.75, 3.05) is 0 Å². The highest BCUT2D eigenvalue weighted by molar-refractivity contribution is 5.65. The van der Waals surface area contributed by atoms with Crippen LogP contribution < -0.4 is 5.73 Å². The molecule has 2 aromatic rings. The van der Waals surface area contributed by atoms with Crippen molar-refractivity contribution in [1.82, 2.24) is 20.2 Å². The highest BCUT2D eigenvalue weighted by atomic mass is 16.6. The molecule has 1 aromatic carbocycles. The lowest BCUT2D eigenvalue weighted by molar-refractivity contribution is -0.385. The molecule has 1 aliphatic carbocycles. The van der Waals surface area contributed by atoms with Crippen molar-refractivity contribution in [3.63, 3.8) is 0 Å². The average Bonchev–Trinajstić information content (AvgIpc) is 3.00. The minimum absolute atomic E-state index is 0.0796. The highest BCUT2D eigenvalue weighted by Crippen LogP contribution is 2.40. The Morgan fingerprint density at radius 2 is 2.32 bits per heavy atom. The number of nitro benzene ring substituents is 1. The van der Waals surface area contributed by atoms with Gasteiger partial charge in [0.15, 0.2) is 12.4 Å². The lowest BCUT2D eigenvalue weighted by Crippen LogP contribution is -2.31. The average molecular weight is 304 g/mol. The molecule has 0 radical (unpaired) electrons. The van der Waals surface area contributed by atoms with Crippen LogP contribution in [0.2, 0.25) is 0 Å². The molecule has 10 heteroatoms. The number of nitro groups is 1. The van der Waals surface area contributed by atoms with Gasteiger partial charge >= 0.3 is 6.09 Å². The number of carbonyl (C=O) groups excluding carboxylic acids is 1. The molecule has 2 unspecified atom stereocenters. The molecule has 22 heavy (non-hydrogen) atoms. The molecule has 10 nitrogen and oxygen atoms in total. The molecular weight excluding hydrogens is 292 g/mol. The summed E-state index contributed by atoms with van der Waals surface area (Å²) in [5.74, 6) is 0. The second-order valence-corrected chi connectivity index (χ2v) is 4.86. The van der Waals surface area contributed by atoms with Gasteiger partial charge in [-0.1, -0.05) is 6.07 Å². The van der Waals surface area contributed by atoms with Crippen molar-refractivity contribution < 1.29 is 14.5 Å². The Morgan fingerprint density at radius 1 is 1.50 bits per heavy atom. The van der Waals surface area contributed by atoms with Gasteiger partial charge in [0, 0.05) is 17.7 Å². The Morgan fingerprint density at radius 3 is 2.95 bits per heavy atom. The van der Waals surface area contributed by atoms with E-state index in [2.05, 4.69) is 15.4 Å². The summed E-state index contributed by atoms with van der Waals surface area (Å²) in [5, 5.41) is 22.4. The van der Waals surface area contributed by atoms with Gasteiger partial charge in [0.25, 0.3) is 5.69 Å². The first-order chi connectivity index (χ1) is 10.6. The maximum absolute atomic E-state index is 11.2. The van der Waals surface area contributed by atoms with E-state index >= 15 is 0 Å². The standard InChI is InChI=1S/C12H12N6O4/c13-12(19)22-11-9-5-8(18(20)21)3-1-7(9)2-4-10(11)17-15-6-14-16-17/h1,3,5-6,10-11H,2,4H2,(H2,13,19). The van der Waals surface area contributed by atoms with Crippen LogP contribution in [-0.2, 0) is 11.2 Å². The van der Waals surface area contributed by atoms with Gasteiger partial charge in [-0.2, -0.15) is 4.80 Å². The molecule has 1 amide bonds. The fraction of sp³-hybridized carbons (Fsp3) is 0.333. The maximum Gasteiger partial charge on any atom is 0.405 e. The zero-order valence-electron chi connectivity index (χ0n) is 11.3. The van der Waals surface area contributed by atoms with Crippen LogP contribution in [0.25, 0.3) is 0 Å². The smallest absolute Gasteiger partial charge is 0.405 e. The molecule has 1 aliphatic rings. The van der Waals surface area contributed by atoms with Gasteiger partial charge in [-0.05, 0) is 23.6 Å². The molecule has 114 valence electrons. The summed E-state index contributed by atoms with van der Waals surface area (Å²) in [6, 6.07) is 4.07. The zero-order valence-corrected chi connectivity index (χ0v) is 11.3. The number of nitrogens with two attached hydrogens (primary N) is 1. The number of amides is 1. The van der Waals surface area contributed by atoms with E-state index in [1.165, 1.54) is 23.3 Å². The molecule has 3 rings (SSSR count). The SMILES string of the molecule is NC(=O)OC1c2cc([N+](=O)[O-])ccc2CCC1n1ncnn1. The molecule has 2 N–H and O–H groups in total. The van der Waals surface area contributed by atoms with Crippen LogP contribution in [0.1, 0.15) is 29.7 Å². The highest BCUT2D eigenvalue weighted by Gasteiger charge is 2.36. The van der Waals surface area contributed by atoms with Crippen LogP contribution in [0, 0.1) is 10.1 Å². The molecule has 0 bridgehead atoms. The summed E-state index contributed by atoms with van der Waals surface area (Å²) >= 11 is 0. The molecule has 0 fully saturated rings. The van der Waals surface area contributed by atoms with Crippen LogP contribution in [0.15, 0.2) is 24.5 Å². The van der Waals surface area contributed by atoms with Gasteiger partial charge in [0.05, 0.1) is 4.92 Å². The molecule has 0 saturated heterocycles. The number of non-ortho nitro benzene ring substituents is 1. The van der Waals surface area contributed by atoms with Gasteiger partial charge in [0.2, 0.25) is 0 Å². The second kappa shape index (κ2) is 5.39. The second-order valence-electron chi connectivity index (χ2n) is 4.86. The van der Waals surface area contributed by atoms with E-state index in [0.29, 0.717) is 18.4 Å². The number of fused-ring (bicyclic) bond motifs is 1. The predicted octanol–water partition coefficient (Wildman–Crippen LogP) is 0.905. The molecule has 2 atom stereocenters. The molecule has 0 aliphatic heterocycles. The number of benzene rings is 1. The van der Waals surface area contributed by atoms with Crippen molar-refractivity contribution in [2.24, 2.45) is 5.73 Å². The van der Waals surface area contributed by atoms with Crippen LogP contribution in [0.5, 0.6) is 0 Å². The van der Waals surface area contributed by atoms with E-state index in [1.54, 1.807) is 6.07 Å². The number of tetrazole rings is 1. The van der Waals surface area contributed by atoms with Crippen LogP contribution in [-0.4, -0.2) is 31.2 Å². The minimum Gasteiger partial charge on any atom is -0.439 e. The number of primary amides is 1. The van der Waals surface area contributed by atoms with E-state index in [1.807, 2.05) is 0 Å². The monoisotopic (exact) mass is 304 g/mol. The van der Waals surface area contributed by atoms with Crippen molar-refractivity contribution in [3.8, 4) is 0 Å². The van der Waals surface area contributed by atoms with Crippen molar-refractivity contribution >= 4 is 11.8 Å². The largest absolute Gasteiger partial charge is 0.439 e. The molecule has 1 aromatic heterocycles. The van der Waals surface area contributed by atoms with Gasteiger partial charge in [-0.15, -0.1) is 10.2 Å².